The lowest BCUT2D eigenvalue weighted by Gasteiger charge is -2.41. The van der Waals surface area contributed by atoms with Gasteiger partial charge in [-0.25, -0.2) is 10.0 Å². The van der Waals surface area contributed by atoms with E-state index in [0.717, 1.165) is 51.9 Å². The van der Waals surface area contributed by atoms with Gasteiger partial charge in [-0.2, -0.15) is 0 Å². The fourth-order valence-electron chi connectivity index (χ4n) is 3.67. The van der Waals surface area contributed by atoms with Crippen molar-refractivity contribution in [1.82, 2.24) is 14.9 Å². The first-order valence-electron chi connectivity index (χ1n) is 11.1. The van der Waals surface area contributed by atoms with Gasteiger partial charge in [-0.05, 0) is 19.9 Å². The smallest absolute Gasteiger partial charge is 0.0681 e. The van der Waals surface area contributed by atoms with Crippen molar-refractivity contribution in [2.45, 2.75) is 90.3 Å². The molecule has 0 spiro atoms. The molecule has 0 aromatic rings. The molecule has 5 nitrogen and oxygen atoms in total. The molecule has 0 aromatic carbocycles. The highest BCUT2D eigenvalue weighted by molar-refractivity contribution is 4.73. The van der Waals surface area contributed by atoms with E-state index in [-0.39, 0.29) is 12.2 Å². The molecule has 1 saturated heterocycles. The molecule has 0 bridgehead atoms. The van der Waals surface area contributed by atoms with Gasteiger partial charge in [-0.15, -0.1) is 0 Å². The number of rotatable bonds is 15. The van der Waals surface area contributed by atoms with Crippen LogP contribution in [0.25, 0.3) is 0 Å². The fraction of sp³-hybridized carbons (Fsp3) is 1.00. The number of nitrogens with zero attached hydrogens (tertiary/aromatic N) is 3. The van der Waals surface area contributed by atoms with Gasteiger partial charge >= 0.3 is 0 Å². The van der Waals surface area contributed by atoms with Crippen LogP contribution in [0.15, 0.2) is 0 Å². The van der Waals surface area contributed by atoms with Crippen LogP contribution < -0.4 is 0 Å². The molecule has 1 aliphatic rings. The molecule has 1 heterocycles. The van der Waals surface area contributed by atoms with Gasteiger partial charge in [0.05, 0.1) is 12.2 Å². The van der Waals surface area contributed by atoms with E-state index in [1.54, 1.807) is 0 Å². The molecule has 1 aliphatic heterocycles. The van der Waals surface area contributed by atoms with E-state index in [4.69, 9.17) is 0 Å². The molecule has 2 N–H and O–H groups in total. The van der Waals surface area contributed by atoms with E-state index >= 15 is 0 Å². The third kappa shape index (κ3) is 10.8. The largest absolute Gasteiger partial charge is 0.392 e. The normalized spacial score (nSPS) is 19.2. The maximum absolute atomic E-state index is 10.5. The molecule has 0 radical (unpaired) electrons. The van der Waals surface area contributed by atoms with Crippen LogP contribution in [0.4, 0.5) is 0 Å². The highest BCUT2D eigenvalue weighted by atomic mass is 16.3. The Morgan fingerprint density at radius 3 is 1.62 bits per heavy atom. The van der Waals surface area contributed by atoms with Gasteiger partial charge in [-0.1, -0.05) is 65.2 Å². The summed E-state index contributed by atoms with van der Waals surface area (Å²) in [5.74, 6) is 0. The molecule has 5 heteroatoms. The third-order valence-electron chi connectivity index (χ3n) is 5.50. The van der Waals surface area contributed by atoms with Crippen molar-refractivity contribution in [2.24, 2.45) is 0 Å². The molecule has 1 rings (SSSR count). The van der Waals surface area contributed by atoms with E-state index in [9.17, 15) is 10.2 Å². The van der Waals surface area contributed by atoms with Crippen LogP contribution >= 0.6 is 0 Å². The maximum atomic E-state index is 10.5. The Kier molecular flexibility index (Phi) is 13.6. The average Bonchev–Trinajstić information content (AvgIpc) is 2.62. The number of hydrogen-bond donors (Lipinski definition) is 2. The molecule has 2 unspecified atom stereocenters. The average molecular weight is 372 g/mol. The second kappa shape index (κ2) is 14.8. The zero-order valence-electron chi connectivity index (χ0n) is 17.7. The van der Waals surface area contributed by atoms with Crippen LogP contribution in [0.3, 0.4) is 0 Å². The molecule has 26 heavy (non-hydrogen) atoms. The number of unbranched alkanes of at least 4 members (excludes halogenated alkanes) is 6. The van der Waals surface area contributed by atoms with Crippen LogP contribution in [0.2, 0.25) is 0 Å². The molecule has 1 fully saturated rings. The van der Waals surface area contributed by atoms with Crippen molar-refractivity contribution in [1.29, 1.82) is 0 Å². The summed E-state index contributed by atoms with van der Waals surface area (Å²) < 4.78 is 0. The monoisotopic (exact) mass is 371 g/mol. The van der Waals surface area contributed by atoms with Gasteiger partial charge in [0.1, 0.15) is 0 Å². The third-order valence-corrected chi connectivity index (χ3v) is 5.50. The minimum Gasteiger partial charge on any atom is -0.392 e. The van der Waals surface area contributed by atoms with Crippen LogP contribution in [-0.2, 0) is 0 Å². The predicted octanol–water partition coefficient (Wildman–Crippen LogP) is 3.11. The number of piperazine rings is 1. The van der Waals surface area contributed by atoms with Crippen molar-refractivity contribution in [2.75, 3.05) is 46.3 Å². The van der Waals surface area contributed by atoms with E-state index in [1.165, 1.54) is 38.5 Å². The molecule has 0 saturated carbocycles. The Bertz CT molecular complexity index is 302. The summed E-state index contributed by atoms with van der Waals surface area (Å²) in [5, 5.41) is 25.6. The lowest BCUT2D eigenvalue weighted by Crippen LogP contribution is -2.56. The first kappa shape index (κ1) is 23.8. The molecule has 156 valence electrons. The quantitative estimate of drug-likeness (QED) is 0.433. The topological polar surface area (TPSA) is 50.2 Å². The highest BCUT2D eigenvalue weighted by Crippen LogP contribution is 2.13. The summed E-state index contributed by atoms with van der Waals surface area (Å²) >= 11 is 0. The van der Waals surface area contributed by atoms with E-state index in [1.807, 2.05) is 0 Å². The first-order valence-corrected chi connectivity index (χ1v) is 11.1. The van der Waals surface area contributed by atoms with Crippen molar-refractivity contribution in [3.8, 4) is 0 Å². The van der Waals surface area contributed by atoms with Gasteiger partial charge in [0, 0.05) is 39.3 Å². The second-order valence-electron chi connectivity index (χ2n) is 8.13. The Morgan fingerprint density at radius 2 is 1.19 bits per heavy atom. The number of aliphatic hydroxyl groups excluding tert-OH is 2. The standard InChI is InChI=1S/C21H45N3O2/c1-4-6-8-10-12-20(25)18-24(23-16-14-22(3)15-17-23)19-21(26)13-11-9-7-5-2/h20-21,25-26H,4-19H2,1-3H3. The number of aliphatic hydroxyl groups is 2. The molecule has 2 atom stereocenters. The van der Waals surface area contributed by atoms with Gasteiger partial charge in [0.25, 0.3) is 0 Å². The fourth-order valence-corrected chi connectivity index (χ4v) is 3.67. The Labute approximate surface area is 162 Å². The van der Waals surface area contributed by atoms with E-state index in [2.05, 4.69) is 35.8 Å². The number of hydrogen-bond acceptors (Lipinski definition) is 5. The predicted molar refractivity (Wildman–Crippen MR) is 110 cm³/mol. The SMILES string of the molecule is CCCCCCC(O)CN(CC(O)CCCCCC)N1CCN(C)CC1. The van der Waals surface area contributed by atoms with Crippen molar-refractivity contribution in [3.05, 3.63) is 0 Å². The van der Waals surface area contributed by atoms with Crippen molar-refractivity contribution in [3.63, 3.8) is 0 Å². The maximum Gasteiger partial charge on any atom is 0.0681 e. The van der Waals surface area contributed by atoms with Crippen LogP contribution in [0.1, 0.15) is 78.1 Å². The number of likely N-dealkylation sites (N-methyl/N-ethyl adjacent to an activating group) is 1. The van der Waals surface area contributed by atoms with Gasteiger partial charge < -0.3 is 15.1 Å². The molecular formula is C21H45N3O2. The Hall–Kier alpha value is -0.200. The van der Waals surface area contributed by atoms with E-state index < -0.39 is 0 Å². The first-order chi connectivity index (χ1) is 12.6. The summed E-state index contributed by atoms with van der Waals surface area (Å²) in [5.41, 5.74) is 0. The van der Waals surface area contributed by atoms with Crippen LogP contribution in [0, 0.1) is 0 Å². The lowest BCUT2D eigenvalue weighted by atomic mass is 10.1. The summed E-state index contributed by atoms with van der Waals surface area (Å²) in [4.78, 5) is 2.34. The van der Waals surface area contributed by atoms with Crippen molar-refractivity contribution < 1.29 is 10.2 Å². The second-order valence-corrected chi connectivity index (χ2v) is 8.13. The zero-order valence-corrected chi connectivity index (χ0v) is 17.7. The van der Waals surface area contributed by atoms with E-state index in [0.29, 0.717) is 13.1 Å². The minimum absolute atomic E-state index is 0.293. The van der Waals surface area contributed by atoms with Crippen molar-refractivity contribution >= 4 is 0 Å². The molecule has 0 aliphatic carbocycles. The van der Waals surface area contributed by atoms with Crippen LogP contribution in [0.5, 0.6) is 0 Å². The molecule has 0 aromatic heterocycles. The lowest BCUT2D eigenvalue weighted by molar-refractivity contribution is -0.0954. The van der Waals surface area contributed by atoms with Gasteiger partial charge in [0.15, 0.2) is 0 Å². The molecule has 0 amide bonds. The Morgan fingerprint density at radius 1 is 0.731 bits per heavy atom. The number of hydrazine groups is 1. The summed E-state index contributed by atoms with van der Waals surface area (Å²) in [7, 11) is 2.16. The highest BCUT2D eigenvalue weighted by Gasteiger charge is 2.24. The summed E-state index contributed by atoms with van der Waals surface area (Å²) in [6, 6.07) is 0. The van der Waals surface area contributed by atoms with Gasteiger partial charge in [0.2, 0.25) is 0 Å². The Balaban J connectivity index is 2.44. The summed E-state index contributed by atoms with van der Waals surface area (Å²) in [6.07, 6.45) is 10.8. The van der Waals surface area contributed by atoms with Gasteiger partial charge in [-0.3, -0.25) is 0 Å². The zero-order chi connectivity index (χ0) is 19.2. The minimum atomic E-state index is -0.293. The van der Waals surface area contributed by atoms with Crippen LogP contribution in [-0.4, -0.2) is 83.7 Å². The molecular weight excluding hydrogens is 326 g/mol. The summed E-state index contributed by atoms with van der Waals surface area (Å²) in [6.45, 7) is 9.82.